The predicted molar refractivity (Wildman–Crippen MR) is 96.2 cm³/mol. The van der Waals surface area contributed by atoms with Gasteiger partial charge in [-0.25, -0.2) is 0 Å². The van der Waals surface area contributed by atoms with Crippen molar-refractivity contribution in [2.75, 3.05) is 0 Å². The highest BCUT2D eigenvalue weighted by Crippen LogP contribution is 2.18. The van der Waals surface area contributed by atoms with Gasteiger partial charge in [0.05, 0.1) is 6.04 Å². The molecule has 2 atom stereocenters. The Morgan fingerprint density at radius 1 is 1.00 bits per heavy atom. The summed E-state index contributed by atoms with van der Waals surface area (Å²) in [7, 11) is 0. The molecule has 0 fully saturated rings. The van der Waals surface area contributed by atoms with E-state index in [-0.39, 0.29) is 17.9 Å². The van der Waals surface area contributed by atoms with Gasteiger partial charge in [-0.2, -0.15) is 0 Å². The number of carbonyl (C=O) groups is 1. The van der Waals surface area contributed by atoms with Crippen LogP contribution in [0.5, 0.6) is 0 Å². The Morgan fingerprint density at radius 3 is 2.22 bits per heavy atom. The SMILES string of the molecule is CCCC[C@@H](Cc1ccccc1)C(=O)N[C@H](C)c1ccccc1. The Kier molecular flexibility index (Phi) is 6.86. The minimum Gasteiger partial charge on any atom is -0.349 e. The van der Waals surface area contributed by atoms with Gasteiger partial charge in [-0.3, -0.25) is 4.79 Å². The molecule has 0 bridgehead atoms. The summed E-state index contributed by atoms with van der Waals surface area (Å²) in [5.74, 6) is 0.210. The first-order chi connectivity index (χ1) is 11.2. The molecule has 0 aliphatic rings. The average Bonchev–Trinajstić information content (AvgIpc) is 2.60. The lowest BCUT2D eigenvalue weighted by atomic mass is 9.93. The van der Waals surface area contributed by atoms with Crippen molar-refractivity contribution in [2.24, 2.45) is 5.92 Å². The topological polar surface area (TPSA) is 29.1 Å². The second-order valence-corrected chi connectivity index (χ2v) is 6.17. The van der Waals surface area contributed by atoms with E-state index in [0.29, 0.717) is 0 Å². The zero-order valence-corrected chi connectivity index (χ0v) is 14.2. The van der Waals surface area contributed by atoms with E-state index in [2.05, 4.69) is 36.5 Å². The molecule has 0 aliphatic carbocycles. The van der Waals surface area contributed by atoms with E-state index >= 15 is 0 Å². The van der Waals surface area contributed by atoms with Crippen LogP contribution < -0.4 is 5.32 Å². The van der Waals surface area contributed by atoms with E-state index in [4.69, 9.17) is 0 Å². The fraction of sp³-hybridized carbons (Fsp3) is 0.381. The van der Waals surface area contributed by atoms with Crippen LogP contribution in [0.3, 0.4) is 0 Å². The number of rotatable bonds is 8. The van der Waals surface area contributed by atoms with E-state index in [1.54, 1.807) is 0 Å². The summed E-state index contributed by atoms with van der Waals surface area (Å²) in [4.78, 5) is 12.7. The average molecular weight is 309 g/mol. The first kappa shape index (κ1) is 17.3. The number of benzene rings is 2. The molecule has 0 saturated heterocycles. The van der Waals surface area contributed by atoms with Crippen LogP contribution in [-0.4, -0.2) is 5.91 Å². The van der Waals surface area contributed by atoms with Crippen molar-refractivity contribution < 1.29 is 4.79 Å². The fourth-order valence-corrected chi connectivity index (χ4v) is 2.83. The van der Waals surface area contributed by atoms with Crippen molar-refractivity contribution in [1.29, 1.82) is 0 Å². The summed E-state index contributed by atoms with van der Waals surface area (Å²) < 4.78 is 0. The minimum absolute atomic E-state index is 0.0449. The Bertz CT molecular complexity index is 579. The van der Waals surface area contributed by atoms with Gasteiger partial charge in [0.2, 0.25) is 5.91 Å². The maximum atomic E-state index is 12.7. The number of amides is 1. The van der Waals surface area contributed by atoms with Crippen LogP contribution in [0, 0.1) is 5.92 Å². The molecule has 2 aromatic rings. The fourth-order valence-electron chi connectivity index (χ4n) is 2.83. The quantitative estimate of drug-likeness (QED) is 0.737. The molecule has 23 heavy (non-hydrogen) atoms. The lowest BCUT2D eigenvalue weighted by molar-refractivity contribution is -0.125. The van der Waals surface area contributed by atoms with Gasteiger partial charge < -0.3 is 5.32 Å². The maximum absolute atomic E-state index is 12.7. The molecule has 0 aromatic heterocycles. The highest BCUT2D eigenvalue weighted by Gasteiger charge is 2.20. The molecule has 1 N–H and O–H groups in total. The molecule has 2 rings (SSSR count). The predicted octanol–water partition coefficient (Wildman–Crippen LogP) is 4.91. The third kappa shape index (κ3) is 5.55. The van der Waals surface area contributed by atoms with Gasteiger partial charge in [0.15, 0.2) is 0 Å². The highest BCUT2D eigenvalue weighted by atomic mass is 16.1. The van der Waals surface area contributed by atoms with Gasteiger partial charge in [-0.15, -0.1) is 0 Å². The van der Waals surface area contributed by atoms with Gasteiger partial charge in [0, 0.05) is 5.92 Å². The van der Waals surface area contributed by atoms with E-state index < -0.39 is 0 Å². The first-order valence-corrected chi connectivity index (χ1v) is 8.60. The van der Waals surface area contributed by atoms with Crippen LogP contribution in [0.25, 0.3) is 0 Å². The summed E-state index contributed by atoms with van der Waals surface area (Å²) >= 11 is 0. The summed E-state index contributed by atoms with van der Waals surface area (Å²) in [5, 5.41) is 3.19. The molecule has 0 saturated carbocycles. The Morgan fingerprint density at radius 2 is 1.61 bits per heavy atom. The molecule has 2 aromatic carbocycles. The van der Waals surface area contributed by atoms with Crippen molar-refractivity contribution >= 4 is 5.91 Å². The number of unbranched alkanes of at least 4 members (excludes halogenated alkanes) is 1. The van der Waals surface area contributed by atoms with Crippen molar-refractivity contribution in [2.45, 2.75) is 45.6 Å². The van der Waals surface area contributed by atoms with Crippen LogP contribution >= 0.6 is 0 Å². The van der Waals surface area contributed by atoms with Crippen molar-refractivity contribution in [3.63, 3.8) is 0 Å². The van der Waals surface area contributed by atoms with Crippen LogP contribution in [0.15, 0.2) is 60.7 Å². The van der Waals surface area contributed by atoms with E-state index in [1.807, 2.05) is 43.3 Å². The molecule has 0 aliphatic heterocycles. The first-order valence-electron chi connectivity index (χ1n) is 8.60. The van der Waals surface area contributed by atoms with Gasteiger partial charge in [0.25, 0.3) is 0 Å². The zero-order chi connectivity index (χ0) is 16.5. The molecule has 0 heterocycles. The second-order valence-electron chi connectivity index (χ2n) is 6.17. The van der Waals surface area contributed by atoms with Crippen molar-refractivity contribution in [1.82, 2.24) is 5.32 Å². The highest BCUT2D eigenvalue weighted by molar-refractivity contribution is 5.79. The molecule has 0 unspecified atom stereocenters. The third-order valence-electron chi connectivity index (χ3n) is 4.26. The van der Waals surface area contributed by atoms with Gasteiger partial charge >= 0.3 is 0 Å². The summed E-state index contributed by atoms with van der Waals surface area (Å²) in [6.45, 7) is 4.22. The molecular formula is C21H27NO. The molecule has 0 spiro atoms. The molecule has 2 nitrogen and oxygen atoms in total. The molecular weight excluding hydrogens is 282 g/mol. The van der Waals surface area contributed by atoms with Crippen LogP contribution in [-0.2, 0) is 11.2 Å². The smallest absolute Gasteiger partial charge is 0.223 e. The number of nitrogens with one attached hydrogen (secondary N) is 1. The van der Waals surface area contributed by atoms with Crippen molar-refractivity contribution in [3.05, 3.63) is 71.8 Å². The van der Waals surface area contributed by atoms with Gasteiger partial charge in [0.1, 0.15) is 0 Å². The molecule has 0 radical (unpaired) electrons. The van der Waals surface area contributed by atoms with Gasteiger partial charge in [-0.1, -0.05) is 80.4 Å². The number of hydrogen-bond acceptors (Lipinski definition) is 1. The Labute approximate surface area is 139 Å². The van der Waals surface area contributed by atoms with Gasteiger partial charge in [-0.05, 0) is 30.9 Å². The molecule has 1 amide bonds. The van der Waals surface area contributed by atoms with E-state index in [0.717, 1.165) is 31.2 Å². The van der Waals surface area contributed by atoms with E-state index in [9.17, 15) is 4.79 Å². The minimum atomic E-state index is 0.0449. The summed E-state index contributed by atoms with van der Waals surface area (Å²) in [5.41, 5.74) is 2.38. The van der Waals surface area contributed by atoms with Crippen molar-refractivity contribution in [3.8, 4) is 0 Å². The third-order valence-corrected chi connectivity index (χ3v) is 4.26. The number of hydrogen-bond donors (Lipinski definition) is 1. The zero-order valence-electron chi connectivity index (χ0n) is 14.2. The van der Waals surface area contributed by atoms with Crippen LogP contribution in [0.4, 0.5) is 0 Å². The monoisotopic (exact) mass is 309 g/mol. The Hall–Kier alpha value is -2.09. The van der Waals surface area contributed by atoms with E-state index in [1.165, 1.54) is 5.56 Å². The standard InChI is InChI=1S/C21H27NO/c1-3-4-13-20(16-18-11-7-5-8-12-18)21(23)22-17(2)19-14-9-6-10-15-19/h5-12,14-15,17,20H,3-4,13,16H2,1-2H3,(H,22,23)/t17-,20+/m1/s1. The normalized spacial score (nSPS) is 13.3. The largest absolute Gasteiger partial charge is 0.349 e. The lowest BCUT2D eigenvalue weighted by Gasteiger charge is -2.21. The van der Waals surface area contributed by atoms with Crippen LogP contribution in [0.2, 0.25) is 0 Å². The number of carbonyl (C=O) groups excluding carboxylic acids is 1. The second kappa shape index (κ2) is 9.14. The summed E-state index contributed by atoms with van der Waals surface area (Å²) in [6, 6.07) is 20.5. The summed E-state index contributed by atoms with van der Waals surface area (Å²) in [6.07, 6.45) is 3.96. The lowest BCUT2D eigenvalue weighted by Crippen LogP contribution is -2.34. The molecule has 2 heteroatoms. The Balaban J connectivity index is 2.01. The molecule has 122 valence electrons. The van der Waals surface area contributed by atoms with Crippen LogP contribution in [0.1, 0.15) is 50.3 Å². The maximum Gasteiger partial charge on any atom is 0.223 e.